The van der Waals surface area contributed by atoms with E-state index >= 15 is 0 Å². The molecule has 10 heteroatoms. The van der Waals surface area contributed by atoms with Gasteiger partial charge in [-0.05, 0) is 24.3 Å². The maximum atomic E-state index is 12.1. The minimum Gasteiger partial charge on any atom is -0.493 e. The quantitative estimate of drug-likeness (QED) is 0.660. The Morgan fingerprint density at radius 1 is 0.966 bits per heavy atom. The van der Waals surface area contributed by atoms with Crippen LogP contribution in [0, 0.1) is 0 Å². The zero-order valence-corrected chi connectivity index (χ0v) is 16.0. The van der Waals surface area contributed by atoms with Crippen LogP contribution in [0.5, 0.6) is 23.0 Å². The van der Waals surface area contributed by atoms with E-state index in [4.69, 9.17) is 14.2 Å². The predicted molar refractivity (Wildman–Crippen MR) is 100 cm³/mol. The van der Waals surface area contributed by atoms with Gasteiger partial charge < -0.3 is 29.6 Å². The Balaban J connectivity index is 1.96. The SMILES string of the molecule is COc1cc(NC(=O)CNC(=O)c2ccc(OC(F)F)cc2)cc(OC)c1OC. The summed E-state index contributed by atoms with van der Waals surface area (Å²) in [6.07, 6.45) is 0. The number of rotatable bonds is 9. The molecule has 0 radical (unpaired) electrons. The van der Waals surface area contributed by atoms with E-state index in [1.165, 1.54) is 45.6 Å². The first-order valence-electron chi connectivity index (χ1n) is 8.30. The lowest BCUT2D eigenvalue weighted by Gasteiger charge is -2.14. The van der Waals surface area contributed by atoms with Gasteiger partial charge in [-0.15, -0.1) is 0 Å². The molecule has 0 aliphatic carbocycles. The molecule has 0 saturated heterocycles. The molecule has 2 aromatic rings. The lowest BCUT2D eigenvalue weighted by atomic mass is 10.2. The van der Waals surface area contributed by atoms with Gasteiger partial charge in [0.05, 0.1) is 27.9 Å². The van der Waals surface area contributed by atoms with Gasteiger partial charge in [-0.25, -0.2) is 0 Å². The molecule has 0 heterocycles. The second-order valence-corrected chi connectivity index (χ2v) is 5.55. The number of benzene rings is 2. The van der Waals surface area contributed by atoms with Crippen LogP contribution in [0.4, 0.5) is 14.5 Å². The van der Waals surface area contributed by atoms with Crippen LogP contribution in [-0.4, -0.2) is 46.3 Å². The first-order chi connectivity index (χ1) is 13.9. The Kier molecular flexibility index (Phi) is 7.58. The zero-order valence-electron chi connectivity index (χ0n) is 16.0. The van der Waals surface area contributed by atoms with Crippen LogP contribution in [0.1, 0.15) is 10.4 Å². The van der Waals surface area contributed by atoms with Crippen LogP contribution < -0.4 is 29.6 Å². The topological polar surface area (TPSA) is 95.1 Å². The van der Waals surface area contributed by atoms with Crippen LogP contribution in [0.25, 0.3) is 0 Å². The van der Waals surface area contributed by atoms with Crippen molar-refractivity contribution in [3.05, 3.63) is 42.0 Å². The first-order valence-corrected chi connectivity index (χ1v) is 8.30. The normalized spacial score (nSPS) is 10.3. The highest BCUT2D eigenvalue weighted by molar-refractivity contribution is 5.99. The molecule has 0 atom stereocenters. The molecule has 156 valence electrons. The fourth-order valence-electron chi connectivity index (χ4n) is 2.41. The standard InChI is InChI=1S/C19H20F2N2O6/c1-26-14-8-12(9-15(27-2)17(14)28-3)23-16(24)10-22-18(25)11-4-6-13(7-5-11)29-19(20)21/h4-9,19H,10H2,1-3H3,(H,22,25)(H,23,24). The van der Waals surface area contributed by atoms with E-state index in [1.807, 2.05) is 0 Å². The molecule has 0 aliphatic rings. The van der Waals surface area contributed by atoms with Crippen LogP contribution in [0.3, 0.4) is 0 Å². The monoisotopic (exact) mass is 410 g/mol. The molecule has 29 heavy (non-hydrogen) atoms. The summed E-state index contributed by atoms with van der Waals surface area (Å²) in [5.41, 5.74) is 0.569. The molecule has 0 saturated carbocycles. The van der Waals surface area contributed by atoms with Gasteiger partial charge in [0, 0.05) is 23.4 Å². The van der Waals surface area contributed by atoms with E-state index < -0.39 is 18.4 Å². The number of halogens is 2. The Labute approximate surface area is 165 Å². The summed E-state index contributed by atoms with van der Waals surface area (Å²) in [6, 6.07) is 8.17. The maximum Gasteiger partial charge on any atom is 0.387 e. The van der Waals surface area contributed by atoms with Crippen molar-refractivity contribution in [3.63, 3.8) is 0 Å². The predicted octanol–water partition coefficient (Wildman–Crippen LogP) is 2.68. The lowest BCUT2D eigenvalue weighted by Crippen LogP contribution is -2.32. The Bertz CT molecular complexity index is 833. The molecule has 2 amide bonds. The van der Waals surface area contributed by atoms with E-state index in [0.717, 1.165) is 0 Å². The molecule has 0 aliphatic heterocycles. The number of carbonyl (C=O) groups excluding carboxylic acids is 2. The van der Waals surface area contributed by atoms with Crippen molar-refractivity contribution in [1.29, 1.82) is 0 Å². The van der Waals surface area contributed by atoms with Gasteiger partial charge in [0.25, 0.3) is 5.91 Å². The van der Waals surface area contributed by atoms with Crippen molar-refractivity contribution < 1.29 is 37.3 Å². The molecular formula is C19H20F2N2O6. The van der Waals surface area contributed by atoms with Crippen molar-refractivity contribution in [3.8, 4) is 23.0 Å². The Morgan fingerprint density at radius 2 is 1.55 bits per heavy atom. The largest absolute Gasteiger partial charge is 0.493 e. The molecule has 0 spiro atoms. The highest BCUT2D eigenvalue weighted by Gasteiger charge is 2.15. The molecule has 0 aromatic heterocycles. The van der Waals surface area contributed by atoms with Crippen molar-refractivity contribution in [2.45, 2.75) is 6.61 Å². The summed E-state index contributed by atoms with van der Waals surface area (Å²) in [5, 5.41) is 5.04. The molecule has 0 unspecified atom stereocenters. The van der Waals surface area contributed by atoms with Crippen molar-refractivity contribution in [2.24, 2.45) is 0 Å². The number of hydrogen-bond donors (Lipinski definition) is 2. The van der Waals surface area contributed by atoms with Gasteiger partial charge in [-0.3, -0.25) is 9.59 Å². The zero-order chi connectivity index (χ0) is 21.4. The lowest BCUT2D eigenvalue weighted by molar-refractivity contribution is -0.115. The second kappa shape index (κ2) is 10.1. The van der Waals surface area contributed by atoms with Crippen LogP contribution in [0.15, 0.2) is 36.4 Å². The Morgan fingerprint density at radius 3 is 2.03 bits per heavy atom. The van der Waals surface area contributed by atoms with E-state index in [9.17, 15) is 18.4 Å². The minimum absolute atomic E-state index is 0.0725. The number of ether oxygens (including phenoxy) is 4. The smallest absolute Gasteiger partial charge is 0.387 e. The molecule has 2 rings (SSSR count). The molecule has 0 bridgehead atoms. The summed E-state index contributed by atoms with van der Waals surface area (Å²) < 4.78 is 44.1. The second-order valence-electron chi connectivity index (χ2n) is 5.55. The third-order valence-corrected chi connectivity index (χ3v) is 3.70. The van der Waals surface area contributed by atoms with E-state index in [-0.39, 0.29) is 17.9 Å². The van der Waals surface area contributed by atoms with Crippen molar-refractivity contribution in [2.75, 3.05) is 33.2 Å². The summed E-state index contributed by atoms with van der Waals surface area (Å²) in [4.78, 5) is 24.2. The number of methoxy groups -OCH3 is 3. The van der Waals surface area contributed by atoms with Crippen molar-refractivity contribution >= 4 is 17.5 Å². The Hall–Kier alpha value is -3.56. The molecule has 2 N–H and O–H groups in total. The fraction of sp³-hybridized carbons (Fsp3) is 0.263. The highest BCUT2D eigenvalue weighted by atomic mass is 19.3. The third kappa shape index (κ3) is 5.96. The number of carbonyl (C=O) groups is 2. The van der Waals surface area contributed by atoms with E-state index in [1.54, 1.807) is 12.1 Å². The fourth-order valence-corrected chi connectivity index (χ4v) is 2.41. The van der Waals surface area contributed by atoms with Crippen molar-refractivity contribution in [1.82, 2.24) is 5.32 Å². The number of hydrogen-bond acceptors (Lipinski definition) is 6. The van der Waals surface area contributed by atoms with Gasteiger partial charge in [-0.1, -0.05) is 0 Å². The van der Waals surface area contributed by atoms with E-state index in [0.29, 0.717) is 22.9 Å². The minimum atomic E-state index is -2.95. The first kappa shape index (κ1) is 21.7. The number of amides is 2. The van der Waals surface area contributed by atoms with Gasteiger partial charge in [0.15, 0.2) is 11.5 Å². The van der Waals surface area contributed by atoms with Crippen LogP contribution >= 0.6 is 0 Å². The molecule has 0 fully saturated rings. The van der Waals surface area contributed by atoms with E-state index in [2.05, 4.69) is 15.4 Å². The average Bonchev–Trinajstić information content (AvgIpc) is 2.71. The summed E-state index contributed by atoms with van der Waals surface area (Å²) >= 11 is 0. The highest BCUT2D eigenvalue weighted by Crippen LogP contribution is 2.39. The van der Waals surface area contributed by atoms with Gasteiger partial charge >= 0.3 is 6.61 Å². The third-order valence-electron chi connectivity index (χ3n) is 3.70. The molecule has 2 aromatic carbocycles. The van der Waals surface area contributed by atoms with Gasteiger partial charge in [-0.2, -0.15) is 8.78 Å². The molecular weight excluding hydrogens is 390 g/mol. The maximum absolute atomic E-state index is 12.1. The summed E-state index contributed by atoms with van der Waals surface area (Å²) in [5.74, 6) is -0.0224. The number of anilines is 1. The van der Waals surface area contributed by atoms with Crippen LogP contribution in [0.2, 0.25) is 0 Å². The molecule has 8 nitrogen and oxygen atoms in total. The summed E-state index contributed by atoms with van der Waals surface area (Å²) in [6.45, 7) is -3.27. The van der Waals surface area contributed by atoms with Crippen LogP contribution in [-0.2, 0) is 4.79 Å². The van der Waals surface area contributed by atoms with Gasteiger partial charge in [0.2, 0.25) is 11.7 Å². The number of alkyl halides is 2. The summed E-state index contributed by atoms with van der Waals surface area (Å²) in [7, 11) is 4.35. The number of nitrogens with one attached hydrogen (secondary N) is 2. The average molecular weight is 410 g/mol. The van der Waals surface area contributed by atoms with Gasteiger partial charge in [0.1, 0.15) is 5.75 Å².